The van der Waals surface area contributed by atoms with Gasteiger partial charge >= 0.3 is 0 Å². The molecule has 0 saturated heterocycles. The van der Waals surface area contributed by atoms with Crippen LogP contribution in [0.5, 0.6) is 0 Å². The van der Waals surface area contributed by atoms with Crippen molar-refractivity contribution < 1.29 is 14.0 Å². The van der Waals surface area contributed by atoms with Crippen LogP contribution in [0.3, 0.4) is 0 Å². The summed E-state index contributed by atoms with van der Waals surface area (Å²) in [6.07, 6.45) is 0.179. The van der Waals surface area contributed by atoms with Gasteiger partial charge in [-0.3, -0.25) is 9.59 Å². The fourth-order valence-corrected chi connectivity index (χ4v) is 3.89. The summed E-state index contributed by atoms with van der Waals surface area (Å²) >= 11 is 6.41. The Bertz CT molecular complexity index is 1100. The summed E-state index contributed by atoms with van der Waals surface area (Å²) in [5.74, 6) is -0.776. The summed E-state index contributed by atoms with van der Waals surface area (Å²) < 4.78 is 14.3. The minimum atomic E-state index is -0.781. The lowest BCUT2D eigenvalue weighted by Gasteiger charge is -2.32. The molecule has 1 N–H and O–H groups in total. The van der Waals surface area contributed by atoms with Gasteiger partial charge in [0, 0.05) is 24.5 Å². The minimum Gasteiger partial charge on any atom is -0.354 e. The van der Waals surface area contributed by atoms with Crippen LogP contribution in [0, 0.1) is 11.7 Å². The maximum Gasteiger partial charge on any atom is 0.243 e. The highest BCUT2D eigenvalue weighted by Gasteiger charge is 2.31. The van der Waals surface area contributed by atoms with Gasteiger partial charge in [0.2, 0.25) is 11.8 Å². The largest absolute Gasteiger partial charge is 0.354 e. The summed E-state index contributed by atoms with van der Waals surface area (Å²) in [6, 6.07) is 22.2. The number of nitrogens with zero attached hydrogens (tertiary/aromatic N) is 1. The van der Waals surface area contributed by atoms with E-state index in [9.17, 15) is 14.0 Å². The van der Waals surface area contributed by atoms with Crippen molar-refractivity contribution in [1.82, 2.24) is 10.2 Å². The molecule has 1 unspecified atom stereocenters. The highest BCUT2D eigenvalue weighted by Crippen LogP contribution is 2.22. The van der Waals surface area contributed by atoms with Crippen molar-refractivity contribution in [3.63, 3.8) is 0 Å². The molecule has 0 saturated carbocycles. The van der Waals surface area contributed by atoms with Gasteiger partial charge in [0.25, 0.3) is 0 Å². The number of benzene rings is 3. The molecule has 3 rings (SSSR count). The van der Waals surface area contributed by atoms with Crippen molar-refractivity contribution in [2.24, 2.45) is 5.92 Å². The van der Waals surface area contributed by atoms with Crippen LogP contribution in [0.2, 0.25) is 5.02 Å². The fraction of sp³-hybridized carbons (Fsp3) is 0.286. The number of nitrogens with one attached hydrogen (secondary N) is 1. The van der Waals surface area contributed by atoms with Gasteiger partial charge in [-0.05, 0) is 34.7 Å². The van der Waals surface area contributed by atoms with Crippen LogP contribution >= 0.6 is 11.6 Å². The molecular formula is C28H30ClFN2O2. The second-order valence-corrected chi connectivity index (χ2v) is 9.13. The van der Waals surface area contributed by atoms with Crippen molar-refractivity contribution in [3.05, 3.63) is 106 Å². The lowest BCUT2D eigenvalue weighted by Crippen LogP contribution is -2.51. The average molecular weight is 481 g/mol. The second-order valence-electron chi connectivity index (χ2n) is 8.73. The van der Waals surface area contributed by atoms with Crippen molar-refractivity contribution in [1.29, 1.82) is 0 Å². The highest BCUT2D eigenvalue weighted by atomic mass is 35.5. The summed E-state index contributed by atoms with van der Waals surface area (Å²) in [6.45, 7) is 4.65. The number of rotatable bonds is 10. The standard InChI is InChI=1S/C28H30ClFN2O2/c1-20(2)18-31-28(34)26(16-21-10-4-3-5-11-21)32(19-23-13-6-8-14-24(23)29)27(33)17-22-12-7-9-15-25(22)30/h3-15,20,26H,16-19H2,1-2H3,(H,31,34). The van der Waals surface area contributed by atoms with E-state index < -0.39 is 11.9 Å². The number of carbonyl (C=O) groups is 2. The van der Waals surface area contributed by atoms with Gasteiger partial charge in [-0.1, -0.05) is 92.2 Å². The van der Waals surface area contributed by atoms with Crippen molar-refractivity contribution in [2.75, 3.05) is 6.54 Å². The van der Waals surface area contributed by atoms with Crippen LogP contribution in [0.4, 0.5) is 4.39 Å². The Morgan fingerprint density at radius 2 is 1.53 bits per heavy atom. The molecule has 34 heavy (non-hydrogen) atoms. The molecule has 2 amide bonds. The van der Waals surface area contributed by atoms with Gasteiger partial charge in [-0.2, -0.15) is 0 Å². The molecule has 0 spiro atoms. The molecule has 3 aromatic rings. The third-order valence-electron chi connectivity index (χ3n) is 5.55. The van der Waals surface area contributed by atoms with E-state index in [4.69, 9.17) is 11.6 Å². The molecule has 4 nitrogen and oxygen atoms in total. The van der Waals surface area contributed by atoms with E-state index in [1.54, 1.807) is 24.3 Å². The monoisotopic (exact) mass is 480 g/mol. The maximum absolute atomic E-state index is 14.3. The summed E-state index contributed by atoms with van der Waals surface area (Å²) in [4.78, 5) is 28.5. The summed E-state index contributed by atoms with van der Waals surface area (Å²) in [7, 11) is 0. The number of carbonyl (C=O) groups excluding carboxylic acids is 2. The molecule has 3 aromatic carbocycles. The molecule has 0 heterocycles. The van der Waals surface area contributed by atoms with E-state index >= 15 is 0 Å². The van der Waals surface area contributed by atoms with E-state index in [1.165, 1.54) is 11.0 Å². The third kappa shape index (κ3) is 7.16. The van der Waals surface area contributed by atoms with Crippen LogP contribution in [0.15, 0.2) is 78.9 Å². The first-order valence-corrected chi connectivity index (χ1v) is 11.8. The third-order valence-corrected chi connectivity index (χ3v) is 5.92. The lowest BCUT2D eigenvalue weighted by atomic mass is 10.0. The zero-order chi connectivity index (χ0) is 24.5. The Labute approximate surface area is 205 Å². The summed E-state index contributed by atoms with van der Waals surface area (Å²) in [5, 5.41) is 3.48. The first-order chi connectivity index (χ1) is 16.3. The van der Waals surface area contributed by atoms with Crippen LogP contribution in [0.25, 0.3) is 0 Å². The SMILES string of the molecule is CC(C)CNC(=O)C(Cc1ccccc1)N(Cc1ccccc1Cl)C(=O)Cc1ccccc1F. The van der Waals surface area contributed by atoms with Crippen LogP contribution in [-0.4, -0.2) is 29.3 Å². The van der Waals surface area contributed by atoms with Gasteiger partial charge in [0.05, 0.1) is 6.42 Å². The zero-order valence-electron chi connectivity index (χ0n) is 19.5. The number of hydrogen-bond acceptors (Lipinski definition) is 2. The average Bonchev–Trinajstić information content (AvgIpc) is 2.83. The molecule has 6 heteroatoms. The molecular weight excluding hydrogens is 451 g/mol. The van der Waals surface area contributed by atoms with E-state index in [0.29, 0.717) is 18.0 Å². The van der Waals surface area contributed by atoms with Gasteiger partial charge < -0.3 is 10.2 Å². The van der Waals surface area contributed by atoms with Crippen LogP contribution in [0.1, 0.15) is 30.5 Å². The van der Waals surface area contributed by atoms with Crippen molar-refractivity contribution >= 4 is 23.4 Å². The molecule has 1 atom stereocenters. The lowest BCUT2D eigenvalue weighted by molar-refractivity contribution is -0.140. The molecule has 0 radical (unpaired) electrons. The predicted molar refractivity (Wildman–Crippen MR) is 134 cm³/mol. The molecule has 0 aliphatic carbocycles. The Balaban J connectivity index is 1.98. The number of halogens is 2. The Morgan fingerprint density at radius 1 is 0.912 bits per heavy atom. The van der Waals surface area contributed by atoms with Crippen molar-refractivity contribution in [3.8, 4) is 0 Å². The molecule has 0 aliphatic rings. The van der Waals surface area contributed by atoms with Gasteiger partial charge in [-0.25, -0.2) is 4.39 Å². The van der Waals surface area contributed by atoms with Gasteiger partial charge in [-0.15, -0.1) is 0 Å². The Hall–Kier alpha value is -3.18. The van der Waals surface area contributed by atoms with Crippen LogP contribution < -0.4 is 5.32 Å². The normalized spacial score (nSPS) is 11.8. The minimum absolute atomic E-state index is 0.138. The molecule has 178 valence electrons. The molecule has 0 aliphatic heterocycles. The zero-order valence-corrected chi connectivity index (χ0v) is 20.3. The highest BCUT2D eigenvalue weighted by molar-refractivity contribution is 6.31. The first-order valence-electron chi connectivity index (χ1n) is 11.4. The van der Waals surface area contributed by atoms with E-state index in [1.807, 2.05) is 62.4 Å². The molecule has 0 aromatic heterocycles. The Kier molecular flexibility index (Phi) is 9.23. The predicted octanol–water partition coefficient (Wildman–Crippen LogP) is 5.43. The fourth-order valence-electron chi connectivity index (χ4n) is 3.69. The van der Waals surface area contributed by atoms with Gasteiger partial charge in [0.1, 0.15) is 11.9 Å². The topological polar surface area (TPSA) is 49.4 Å². The van der Waals surface area contributed by atoms with E-state index in [0.717, 1.165) is 11.1 Å². The first kappa shape index (κ1) is 25.4. The van der Waals surface area contributed by atoms with Crippen LogP contribution in [-0.2, 0) is 29.0 Å². The smallest absolute Gasteiger partial charge is 0.243 e. The second kappa shape index (κ2) is 12.3. The summed E-state index contributed by atoms with van der Waals surface area (Å²) in [5.41, 5.74) is 1.94. The van der Waals surface area contributed by atoms with Crippen molar-refractivity contribution in [2.45, 2.75) is 39.3 Å². The molecule has 0 fully saturated rings. The Morgan fingerprint density at radius 3 is 2.18 bits per heavy atom. The maximum atomic E-state index is 14.3. The molecule has 0 bridgehead atoms. The van der Waals surface area contributed by atoms with E-state index in [2.05, 4.69) is 5.32 Å². The number of hydrogen-bond donors (Lipinski definition) is 1. The number of amides is 2. The van der Waals surface area contributed by atoms with Gasteiger partial charge in [0.15, 0.2) is 0 Å². The quantitative estimate of drug-likeness (QED) is 0.420. The van der Waals surface area contributed by atoms with E-state index in [-0.39, 0.29) is 36.3 Å².